The van der Waals surface area contributed by atoms with Crippen LogP contribution in [0.5, 0.6) is 5.75 Å². The zero-order valence-corrected chi connectivity index (χ0v) is 16.4. The van der Waals surface area contributed by atoms with Gasteiger partial charge in [-0.15, -0.1) is 0 Å². The van der Waals surface area contributed by atoms with Gasteiger partial charge in [0.1, 0.15) is 5.75 Å². The van der Waals surface area contributed by atoms with Gasteiger partial charge in [-0.3, -0.25) is 9.79 Å². The molecule has 2 aromatic carbocycles. The highest BCUT2D eigenvalue weighted by Gasteiger charge is 2.19. The van der Waals surface area contributed by atoms with Gasteiger partial charge in [0.15, 0.2) is 5.96 Å². The second-order valence-electron chi connectivity index (χ2n) is 6.63. The minimum atomic E-state index is -0.412. The van der Waals surface area contributed by atoms with Crippen LogP contribution < -0.4 is 20.7 Å². The number of anilines is 1. The zero-order chi connectivity index (χ0) is 19.9. The van der Waals surface area contributed by atoms with E-state index in [-0.39, 0.29) is 0 Å². The molecular formula is C21H27N5O2. The van der Waals surface area contributed by atoms with E-state index in [1.807, 2.05) is 24.3 Å². The minimum absolute atomic E-state index is 0.412. The summed E-state index contributed by atoms with van der Waals surface area (Å²) in [4.78, 5) is 20.2. The maximum atomic E-state index is 11.2. The molecule has 1 amide bonds. The number of nitrogens with two attached hydrogens (primary N) is 1. The van der Waals surface area contributed by atoms with Crippen LogP contribution in [0.2, 0.25) is 0 Å². The minimum Gasteiger partial charge on any atom is -0.497 e. The Labute approximate surface area is 165 Å². The monoisotopic (exact) mass is 381 g/mol. The first-order valence-corrected chi connectivity index (χ1v) is 9.34. The second kappa shape index (κ2) is 9.12. The Balaban J connectivity index is 1.52. The van der Waals surface area contributed by atoms with Crippen LogP contribution in [0.4, 0.5) is 5.69 Å². The lowest BCUT2D eigenvalue weighted by atomic mass is 10.1. The van der Waals surface area contributed by atoms with Crippen molar-refractivity contribution in [2.45, 2.75) is 6.54 Å². The van der Waals surface area contributed by atoms with E-state index in [0.717, 1.165) is 43.5 Å². The Kier molecular flexibility index (Phi) is 6.37. The Morgan fingerprint density at radius 2 is 1.71 bits per heavy atom. The predicted octanol–water partition coefficient (Wildman–Crippen LogP) is 1.69. The predicted molar refractivity (Wildman–Crippen MR) is 112 cm³/mol. The van der Waals surface area contributed by atoms with Gasteiger partial charge in [0.25, 0.3) is 0 Å². The summed E-state index contributed by atoms with van der Waals surface area (Å²) in [5.74, 6) is 1.34. The number of piperazine rings is 1. The number of aliphatic imine (C=N–C) groups is 1. The van der Waals surface area contributed by atoms with Crippen LogP contribution in [0.3, 0.4) is 0 Å². The number of hydrogen-bond donors (Lipinski definition) is 2. The van der Waals surface area contributed by atoms with Gasteiger partial charge in [0, 0.05) is 51.0 Å². The van der Waals surface area contributed by atoms with Gasteiger partial charge >= 0.3 is 0 Å². The lowest BCUT2D eigenvalue weighted by Gasteiger charge is -2.37. The number of methoxy groups -OCH3 is 1. The Morgan fingerprint density at radius 3 is 2.25 bits per heavy atom. The second-order valence-corrected chi connectivity index (χ2v) is 6.63. The molecule has 1 heterocycles. The van der Waals surface area contributed by atoms with Crippen molar-refractivity contribution in [3.63, 3.8) is 0 Å². The van der Waals surface area contributed by atoms with Crippen LogP contribution in [-0.2, 0) is 6.54 Å². The molecule has 2 aromatic rings. The number of benzene rings is 2. The molecule has 7 heteroatoms. The van der Waals surface area contributed by atoms with Gasteiger partial charge in [0.05, 0.1) is 7.11 Å². The third kappa shape index (κ3) is 4.73. The number of hydrogen-bond acceptors (Lipinski definition) is 4. The Hall–Kier alpha value is -3.22. The summed E-state index contributed by atoms with van der Waals surface area (Å²) in [6.07, 6.45) is 0. The van der Waals surface area contributed by atoms with Crippen molar-refractivity contribution in [1.82, 2.24) is 10.2 Å². The summed E-state index contributed by atoms with van der Waals surface area (Å²) in [5.41, 5.74) is 8.08. The van der Waals surface area contributed by atoms with Crippen molar-refractivity contribution < 1.29 is 9.53 Å². The number of carbonyl (C=O) groups excluding carboxylic acids is 1. The Bertz CT molecular complexity index is 810. The van der Waals surface area contributed by atoms with Crippen LogP contribution in [0.1, 0.15) is 15.9 Å². The number of ether oxygens (including phenoxy) is 1. The fourth-order valence-electron chi connectivity index (χ4n) is 3.27. The number of amides is 1. The van der Waals surface area contributed by atoms with Gasteiger partial charge in [-0.25, -0.2) is 0 Å². The molecule has 0 aromatic heterocycles. The number of rotatable bonds is 5. The number of carbonyl (C=O) groups is 1. The molecular weight excluding hydrogens is 354 g/mol. The molecule has 1 aliphatic heterocycles. The highest BCUT2D eigenvalue weighted by atomic mass is 16.5. The number of nitrogens with zero attached hydrogens (tertiary/aromatic N) is 3. The summed E-state index contributed by atoms with van der Waals surface area (Å²) < 4.78 is 5.23. The van der Waals surface area contributed by atoms with E-state index in [1.54, 1.807) is 26.3 Å². The van der Waals surface area contributed by atoms with Crippen molar-refractivity contribution in [1.29, 1.82) is 0 Å². The molecule has 3 rings (SSSR count). The lowest BCUT2D eigenvalue weighted by molar-refractivity contribution is 0.100. The van der Waals surface area contributed by atoms with Gasteiger partial charge in [-0.2, -0.15) is 0 Å². The van der Waals surface area contributed by atoms with E-state index in [1.165, 1.54) is 5.69 Å². The van der Waals surface area contributed by atoms with E-state index >= 15 is 0 Å². The third-order valence-corrected chi connectivity index (χ3v) is 4.92. The van der Waals surface area contributed by atoms with Crippen LogP contribution in [0.15, 0.2) is 53.5 Å². The third-order valence-electron chi connectivity index (χ3n) is 4.92. The average Bonchev–Trinajstić information content (AvgIpc) is 2.75. The zero-order valence-electron chi connectivity index (χ0n) is 16.4. The maximum Gasteiger partial charge on any atom is 0.248 e. The van der Waals surface area contributed by atoms with Gasteiger partial charge < -0.3 is 25.6 Å². The topological polar surface area (TPSA) is 83.2 Å². The van der Waals surface area contributed by atoms with Gasteiger partial charge in [-0.05, 0) is 42.0 Å². The average molecular weight is 381 g/mol. The molecule has 1 fully saturated rings. The van der Waals surface area contributed by atoms with Crippen molar-refractivity contribution in [2.75, 3.05) is 45.2 Å². The van der Waals surface area contributed by atoms with Crippen molar-refractivity contribution in [3.8, 4) is 5.75 Å². The van der Waals surface area contributed by atoms with Gasteiger partial charge in [-0.1, -0.05) is 12.1 Å². The van der Waals surface area contributed by atoms with Crippen molar-refractivity contribution in [3.05, 3.63) is 59.7 Å². The van der Waals surface area contributed by atoms with E-state index in [0.29, 0.717) is 12.1 Å². The summed E-state index contributed by atoms with van der Waals surface area (Å²) in [6, 6.07) is 15.5. The fraction of sp³-hybridized carbons (Fsp3) is 0.333. The molecule has 0 aliphatic carbocycles. The van der Waals surface area contributed by atoms with E-state index < -0.39 is 5.91 Å². The quantitative estimate of drug-likeness (QED) is 0.608. The normalized spacial score (nSPS) is 14.7. The van der Waals surface area contributed by atoms with Crippen molar-refractivity contribution in [2.24, 2.45) is 10.7 Å². The molecule has 28 heavy (non-hydrogen) atoms. The number of nitrogens with one attached hydrogen (secondary N) is 1. The molecule has 0 spiro atoms. The molecule has 1 aliphatic rings. The van der Waals surface area contributed by atoms with Gasteiger partial charge in [0.2, 0.25) is 5.91 Å². The summed E-state index contributed by atoms with van der Waals surface area (Å²) in [5, 5.41) is 3.40. The molecule has 3 N–H and O–H groups in total. The molecule has 7 nitrogen and oxygen atoms in total. The smallest absolute Gasteiger partial charge is 0.248 e. The summed E-state index contributed by atoms with van der Waals surface area (Å²) in [6.45, 7) is 4.30. The first-order valence-electron chi connectivity index (χ1n) is 9.34. The number of guanidine groups is 1. The highest BCUT2D eigenvalue weighted by molar-refractivity contribution is 5.92. The lowest BCUT2D eigenvalue weighted by Crippen LogP contribution is -2.52. The molecule has 0 saturated carbocycles. The molecule has 0 bridgehead atoms. The van der Waals surface area contributed by atoms with Crippen LogP contribution in [0.25, 0.3) is 0 Å². The Morgan fingerprint density at radius 1 is 1.07 bits per heavy atom. The van der Waals surface area contributed by atoms with E-state index in [9.17, 15) is 4.79 Å². The van der Waals surface area contributed by atoms with Crippen molar-refractivity contribution >= 4 is 17.6 Å². The number of primary amides is 1. The van der Waals surface area contributed by atoms with Crippen LogP contribution in [0, 0.1) is 0 Å². The largest absolute Gasteiger partial charge is 0.497 e. The molecule has 0 atom stereocenters. The van der Waals surface area contributed by atoms with Crippen LogP contribution in [-0.4, -0.2) is 57.1 Å². The fourth-order valence-corrected chi connectivity index (χ4v) is 3.27. The SMILES string of the molecule is CN=C(NCc1ccc(C(N)=O)cc1)N1CCN(c2ccc(OC)cc2)CC1. The van der Waals surface area contributed by atoms with E-state index in [2.05, 4.69) is 32.2 Å². The molecule has 0 radical (unpaired) electrons. The summed E-state index contributed by atoms with van der Waals surface area (Å²) in [7, 11) is 3.48. The van der Waals surface area contributed by atoms with Crippen LogP contribution >= 0.6 is 0 Å². The first kappa shape index (κ1) is 19.5. The molecule has 1 saturated heterocycles. The first-order chi connectivity index (χ1) is 13.6. The standard InChI is InChI=1S/C21H27N5O2/c1-23-21(24-15-16-3-5-17(6-4-16)20(22)27)26-13-11-25(12-14-26)18-7-9-19(28-2)10-8-18/h3-10H,11-15H2,1-2H3,(H2,22,27)(H,23,24). The maximum absolute atomic E-state index is 11.2. The highest BCUT2D eigenvalue weighted by Crippen LogP contribution is 2.20. The van der Waals surface area contributed by atoms with E-state index in [4.69, 9.17) is 10.5 Å². The molecule has 0 unspecified atom stereocenters. The summed E-state index contributed by atoms with van der Waals surface area (Å²) >= 11 is 0. The molecule has 148 valence electrons.